The van der Waals surface area contributed by atoms with E-state index in [-0.39, 0.29) is 17.3 Å². The van der Waals surface area contributed by atoms with Crippen molar-refractivity contribution in [2.45, 2.75) is 25.9 Å². The van der Waals surface area contributed by atoms with E-state index in [4.69, 9.17) is 16.3 Å². The van der Waals surface area contributed by atoms with Gasteiger partial charge in [-0.25, -0.2) is 0 Å². The minimum atomic E-state index is -0.369. The average molecular weight is 165 g/mol. The van der Waals surface area contributed by atoms with E-state index in [1.165, 1.54) is 0 Å². The van der Waals surface area contributed by atoms with Crippen LogP contribution >= 0.6 is 11.6 Å². The lowest BCUT2D eigenvalue weighted by Crippen LogP contribution is -2.26. The van der Waals surface area contributed by atoms with E-state index in [0.29, 0.717) is 6.42 Å². The van der Waals surface area contributed by atoms with Crippen molar-refractivity contribution < 1.29 is 9.53 Å². The molecule has 0 atom stereocenters. The fourth-order valence-corrected chi connectivity index (χ4v) is 0.689. The zero-order valence-corrected chi connectivity index (χ0v) is 7.36. The summed E-state index contributed by atoms with van der Waals surface area (Å²) in [5.41, 5.74) is -0.369. The fraction of sp³-hybridized carbons (Fsp3) is 0.857. The van der Waals surface area contributed by atoms with Crippen LogP contribution in [-0.2, 0) is 9.53 Å². The lowest BCUT2D eigenvalue weighted by Gasteiger charge is -2.20. The first-order valence-electron chi connectivity index (χ1n) is 3.14. The van der Waals surface area contributed by atoms with Crippen molar-refractivity contribution in [2.75, 3.05) is 13.0 Å². The largest absolute Gasteiger partial charge is 0.378 e. The van der Waals surface area contributed by atoms with Crippen LogP contribution in [-0.4, -0.2) is 24.4 Å². The molecule has 0 saturated carbocycles. The predicted molar refractivity (Wildman–Crippen MR) is 41.4 cm³/mol. The lowest BCUT2D eigenvalue weighted by molar-refractivity contribution is -0.121. The van der Waals surface area contributed by atoms with Crippen molar-refractivity contribution in [1.82, 2.24) is 0 Å². The summed E-state index contributed by atoms with van der Waals surface area (Å²) in [7, 11) is 1.58. The highest BCUT2D eigenvalue weighted by atomic mass is 35.5. The zero-order chi connectivity index (χ0) is 8.20. The van der Waals surface area contributed by atoms with Gasteiger partial charge in [-0.15, -0.1) is 11.6 Å². The van der Waals surface area contributed by atoms with E-state index in [2.05, 4.69) is 0 Å². The predicted octanol–water partition coefficient (Wildman–Crippen LogP) is 1.61. The Morgan fingerprint density at radius 3 is 2.40 bits per heavy atom. The van der Waals surface area contributed by atoms with Crippen LogP contribution < -0.4 is 0 Å². The number of ether oxygens (including phenoxy) is 1. The summed E-state index contributed by atoms with van der Waals surface area (Å²) in [6.07, 6.45) is 0.382. The highest BCUT2D eigenvalue weighted by Gasteiger charge is 2.19. The zero-order valence-electron chi connectivity index (χ0n) is 6.61. The van der Waals surface area contributed by atoms with Crippen molar-refractivity contribution >= 4 is 17.4 Å². The van der Waals surface area contributed by atoms with E-state index in [1.54, 1.807) is 7.11 Å². The summed E-state index contributed by atoms with van der Waals surface area (Å²) in [6, 6.07) is 0. The van der Waals surface area contributed by atoms with E-state index < -0.39 is 0 Å². The fourth-order valence-electron chi connectivity index (χ4n) is 0.594. The summed E-state index contributed by atoms with van der Waals surface area (Å²) in [5.74, 6) is 0.0980. The number of hydrogen-bond donors (Lipinski definition) is 0. The van der Waals surface area contributed by atoms with Gasteiger partial charge in [-0.2, -0.15) is 0 Å². The number of alkyl halides is 1. The molecule has 0 radical (unpaired) electrons. The topological polar surface area (TPSA) is 26.3 Å². The number of Topliss-reactive ketones (excluding diaryl/α,β-unsaturated/α-hetero) is 1. The van der Waals surface area contributed by atoms with Gasteiger partial charge in [0.05, 0.1) is 11.5 Å². The molecule has 0 aliphatic carbocycles. The molecule has 0 spiro atoms. The van der Waals surface area contributed by atoms with Gasteiger partial charge in [-0.05, 0) is 13.8 Å². The second-order valence-corrected chi connectivity index (χ2v) is 3.08. The molecule has 60 valence electrons. The number of halogens is 1. The molecule has 0 unspecified atom stereocenters. The quantitative estimate of drug-likeness (QED) is 0.591. The molecule has 0 fully saturated rings. The highest BCUT2D eigenvalue weighted by Crippen LogP contribution is 2.13. The molecule has 0 N–H and O–H groups in total. The molecule has 0 aliphatic heterocycles. The van der Waals surface area contributed by atoms with Crippen LogP contribution in [0.25, 0.3) is 0 Å². The van der Waals surface area contributed by atoms with E-state index in [9.17, 15) is 4.79 Å². The molecule has 10 heavy (non-hydrogen) atoms. The van der Waals surface area contributed by atoms with E-state index >= 15 is 0 Å². The molecular formula is C7H13ClO2. The highest BCUT2D eigenvalue weighted by molar-refractivity contribution is 6.27. The smallest absolute Gasteiger partial charge is 0.150 e. The molecular weight excluding hydrogens is 152 g/mol. The summed E-state index contributed by atoms with van der Waals surface area (Å²) >= 11 is 5.31. The summed E-state index contributed by atoms with van der Waals surface area (Å²) < 4.78 is 5.03. The monoisotopic (exact) mass is 164 g/mol. The summed E-state index contributed by atoms with van der Waals surface area (Å²) in [5, 5.41) is 0. The number of rotatable bonds is 4. The van der Waals surface area contributed by atoms with Crippen molar-refractivity contribution in [1.29, 1.82) is 0 Å². The minimum absolute atomic E-state index is 0.0218. The van der Waals surface area contributed by atoms with Crippen LogP contribution in [0, 0.1) is 0 Å². The third-order valence-corrected chi connectivity index (χ3v) is 1.62. The van der Waals surface area contributed by atoms with Gasteiger partial charge in [0.15, 0.2) is 0 Å². The first kappa shape index (κ1) is 9.92. The SMILES string of the molecule is COC(C)(C)CC(=O)CCl. The molecule has 0 saturated heterocycles. The lowest BCUT2D eigenvalue weighted by atomic mass is 10.0. The molecule has 3 heteroatoms. The van der Waals surface area contributed by atoms with Gasteiger partial charge in [-0.3, -0.25) is 4.79 Å². The Hall–Kier alpha value is -0.0800. The first-order valence-corrected chi connectivity index (χ1v) is 3.68. The Kier molecular flexibility index (Phi) is 3.91. The Morgan fingerprint density at radius 1 is 1.60 bits per heavy atom. The molecule has 0 amide bonds. The summed E-state index contributed by atoms with van der Waals surface area (Å²) in [6.45, 7) is 3.72. The molecule has 2 nitrogen and oxygen atoms in total. The third kappa shape index (κ3) is 3.85. The van der Waals surface area contributed by atoms with E-state index in [1.807, 2.05) is 13.8 Å². The maximum atomic E-state index is 10.8. The maximum absolute atomic E-state index is 10.8. The van der Waals surface area contributed by atoms with Crippen LogP contribution in [0.2, 0.25) is 0 Å². The number of hydrogen-bond acceptors (Lipinski definition) is 2. The van der Waals surface area contributed by atoms with Crippen molar-refractivity contribution in [3.8, 4) is 0 Å². The Labute approximate surface area is 66.5 Å². The Morgan fingerprint density at radius 2 is 2.10 bits per heavy atom. The van der Waals surface area contributed by atoms with Crippen LogP contribution in [0.3, 0.4) is 0 Å². The van der Waals surface area contributed by atoms with E-state index in [0.717, 1.165) is 0 Å². The van der Waals surface area contributed by atoms with Crippen molar-refractivity contribution in [2.24, 2.45) is 0 Å². The van der Waals surface area contributed by atoms with Crippen LogP contribution in [0.15, 0.2) is 0 Å². The second-order valence-electron chi connectivity index (χ2n) is 2.81. The average Bonchev–Trinajstić information content (AvgIpc) is 1.87. The number of carbonyl (C=O) groups is 1. The number of ketones is 1. The van der Waals surface area contributed by atoms with Gasteiger partial charge in [0.1, 0.15) is 5.78 Å². The molecule has 0 aromatic heterocycles. The van der Waals surface area contributed by atoms with Gasteiger partial charge in [0, 0.05) is 13.5 Å². The van der Waals surface area contributed by atoms with Crippen LogP contribution in [0.1, 0.15) is 20.3 Å². The second kappa shape index (κ2) is 3.94. The van der Waals surface area contributed by atoms with Gasteiger partial charge in [-0.1, -0.05) is 0 Å². The molecule has 0 aromatic rings. The third-order valence-electron chi connectivity index (χ3n) is 1.32. The minimum Gasteiger partial charge on any atom is -0.378 e. The molecule has 0 rings (SSSR count). The normalized spacial score (nSPS) is 11.6. The molecule has 0 aromatic carbocycles. The van der Waals surface area contributed by atoms with Crippen LogP contribution in [0.4, 0.5) is 0 Å². The van der Waals surface area contributed by atoms with Crippen molar-refractivity contribution in [3.63, 3.8) is 0 Å². The van der Waals surface area contributed by atoms with Gasteiger partial charge < -0.3 is 4.74 Å². The Balaban J connectivity index is 3.76. The standard InChI is InChI=1S/C7H13ClO2/c1-7(2,10-3)4-6(9)5-8/h4-5H2,1-3H3. The van der Waals surface area contributed by atoms with Gasteiger partial charge in [0.2, 0.25) is 0 Å². The maximum Gasteiger partial charge on any atom is 0.150 e. The van der Waals surface area contributed by atoms with Crippen LogP contribution in [0.5, 0.6) is 0 Å². The first-order chi connectivity index (χ1) is 4.52. The summed E-state index contributed by atoms with van der Waals surface area (Å²) in [4.78, 5) is 10.8. The number of carbonyl (C=O) groups excluding carboxylic acids is 1. The van der Waals surface area contributed by atoms with Gasteiger partial charge in [0.25, 0.3) is 0 Å². The van der Waals surface area contributed by atoms with Crippen molar-refractivity contribution in [3.05, 3.63) is 0 Å². The number of methoxy groups -OCH3 is 1. The molecule has 0 bridgehead atoms. The molecule has 0 heterocycles. The van der Waals surface area contributed by atoms with Gasteiger partial charge >= 0.3 is 0 Å². The Bertz CT molecular complexity index is 121. The molecule has 0 aliphatic rings.